The lowest BCUT2D eigenvalue weighted by molar-refractivity contribution is -0.141. The molecule has 1 saturated heterocycles. The van der Waals surface area contributed by atoms with Crippen molar-refractivity contribution in [3.63, 3.8) is 0 Å². The fourth-order valence-corrected chi connectivity index (χ4v) is 2.05. The minimum Gasteiger partial charge on any atom is -0.481 e. The zero-order chi connectivity index (χ0) is 16.0. The molecule has 0 aliphatic carbocycles. The molecule has 4 N–H and O–H groups in total. The van der Waals surface area contributed by atoms with Gasteiger partial charge in [0.15, 0.2) is 0 Å². The Labute approximate surface area is 122 Å². The van der Waals surface area contributed by atoms with Crippen LogP contribution in [0.15, 0.2) is 0 Å². The number of hydrogen-bond acceptors (Lipinski definition) is 5. The van der Waals surface area contributed by atoms with Crippen molar-refractivity contribution in [2.45, 2.75) is 31.4 Å². The first-order valence-electron chi connectivity index (χ1n) is 6.55. The largest absolute Gasteiger partial charge is 0.481 e. The second kappa shape index (κ2) is 7.11. The van der Waals surface area contributed by atoms with E-state index in [1.54, 1.807) is 0 Å². The van der Waals surface area contributed by atoms with Gasteiger partial charge in [-0.25, -0.2) is 9.59 Å². The first kappa shape index (κ1) is 17.0. The van der Waals surface area contributed by atoms with Crippen LogP contribution in [-0.2, 0) is 9.53 Å². The van der Waals surface area contributed by atoms with E-state index < -0.39 is 30.1 Å². The summed E-state index contributed by atoms with van der Waals surface area (Å²) >= 11 is 0. The maximum atomic E-state index is 11.9. The molecule has 1 rings (SSSR count). The number of likely N-dealkylation sites (tertiary alicyclic amines) is 1. The molecular formula is C12H21N3O6. The molecule has 0 aromatic rings. The van der Waals surface area contributed by atoms with Gasteiger partial charge in [0.05, 0.1) is 25.2 Å². The van der Waals surface area contributed by atoms with Crippen LogP contribution in [0.1, 0.15) is 19.8 Å². The average molecular weight is 303 g/mol. The number of nitrogens with one attached hydrogen (secondary N) is 2. The van der Waals surface area contributed by atoms with E-state index in [2.05, 4.69) is 15.4 Å². The summed E-state index contributed by atoms with van der Waals surface area (Å²) in [6.07, 6.45) is -0.403. The normalized spacial score (nSPS) is 20.5. The molecule has 1 aliphatic heterocycles. The van der Waals surface area contributed by atoms with Crippen LogP contribution in [0.4, 0.5) is 9.59 Å². The molecule has 0 bridgehead atoms. The van der Waals surface area contributed by atoms with Crippen molar-refractivity contribution in [2.75, 3.05) is 26.7 Å². The third-order valence-electron chi connectivity index (χ3n) is 3.14. The van der Waals surface area contributed by atoms with E-state index in [4.69, 9.17) is 5.11 Å². The smallest absolute Gasteiger partial charge is 0.407 e. The zero-order valence-corrected chi connectivity index (χ0v) is 12.1. The number of carboxylic acids is 1. The molecule has 0 saturated carbocycles. The van der Waals surface area contributed by atoms with Gasteiger partial charge in [-0.3, -0.25) is 4.79 Å². The molecule has 0 aromatic carbocycles. The van der Waals surface area contributed by atoms with Gasteiger partial charge in [-0.05, 0) is 13.3 Å². The Bertz CT molecular complexity index is 412. The predicted octanol–water partition coefficient (Wildman–Crippen LogP) is -0.648. The quantitative estimate of drug-likeness (QED) is 0.534. The zero-order valence-electron chi connectivity index (χ0n) is 12.1. The monoisotopic (exact) mass is 303 g/mol. The van der Waals surface area contributed by atoms with Crippen molar-refractivity contribution in [3.8, 4) is 0 Å². The summed E-state index contributed by atoms with van der Waals surface area (Å²) in [5, 5.41) is 23.5. The molecule has 3 amide bonds. The van der Waals surface area contributed by atoms with Crippen molar-refractivity contribution >= 4 is 18.1 Å². The molecule has 0 spiro atoms. The first-order chi connectivity index (χ1) is 9.73. The number of methoxy groups -OCH3 is 1. The van der Waals surface area contributed by atoms with Gasteiger partial charge in [0.25, 0.3) is 0 Å². The van der Waals surface area contributed by atoms with Gasteiger partial charge in [-0.1, -0.05) is 0 Å². The Morgan fingerprint density at radius 3 is 2.67 bits per heavy atom. The van der Waals surface area contributed by atoms with Crippen LogP contribution in [0.3, 0.4) is 0 Å². The van der Waals surface area contributed by atoms with Crippen LogP contribution >= 0.6 is 0 Å². The summed E-state index contributed by atoms with van der Waals surface area (Å²) in [5.41, 5.74) is -1.51. The molecule has 1 heterocycles. The molecule has 2 atom stereocenters. The number of carbonyl (C=O) groups is 3. The Morgan fingerprint density at radius 2 is 2.10 bits per heavy atom. The van der Waals surface area contributed by atoms with E-state index in [9.17, 15) is 19.5 Å². The molecule has 2 unspecified atom stereocenters. The highest BCUT2D eigenvalue weighted by atomic mass is 16.5. The number of aliphatic hydroxyl groups is 1. The number of urea groups is 1. The third-order valence-corrected chi connectivity index (χ3v) is 3.14. The number of carboxylic acid groups (broad SMARTS) is 1. The van der Waals surface area contributed by atoms with Crippen molar-refractivity contribution < 1.29 is 29.3 Å². The summed E-state index contributed by atoms with van der Waals surface area (Å²) in [7, 11) is 1.26. The fourth-order valence-electron chi connectivity index (χ4n) is 2.05. The van der Waals surface area contributed by atoms with Crippen LogP contribution in [0.25, 0.3) is 0 Å². The molecule has 9 heteroatoms. The van der Waals surface area contributed by atoms with Gasteiger partial charge >= 0.3 is 18.1 Å². The lowest BCUT2D eigenvalue weighted by atomic mass is 10.0. The predicted molar refractivity (Wildman–Crippen MR) is 71.8 cm³/mol. The SMILES string of the molecule is COC(=O)NC1CCN(C(=O)NCC(C)(O)CC(=O)O)C1. The van der Waals surface area contributed by atoms with Crippen LogP contribution in [0.2, 0.25) is 0 Å². The van der Waals surface area contributed by atoms with E-state index in [-0.39, 0.29) is 12.6 Å². The Hall–Kier alpha value is -2.03. The van der Waals surface area contributed by atoms with Gasteiger partial charge in [0.1, 0.15) is 0 Å². The number of nitrogens with zero attached hydrogens (tertiary/aromatic N) is 1. The van der Waals surface area contributed by atoms with Gasteiger partial charge in [-0.2, -0.15) is 0 Å². The Balaban J connectivity index is 2.37. The van der Waals surface area contributed by atoms with E-state index in [0.717, 1.165) is 0 Å². The molecule has 120 valence electrons. The highest BCUT2D eigenvalue weighted by Crippen LogP contribution is 2.11. The van der Waals surface area contributed by atoms with Crippen LogP contribution in [0, 0.1) is 0 Å². The van der Waals surface area contributed by atoms with E-state index >= 15 is 0 Å². The standard InChI is InChI=1S/C12H21N3O6/c1-12(20,5-9(16)17)7-13-10(18)15-4-3-8(6-15)14-11(19)21-2/h8,20H,3-7H2,1-2H3,(H,13,18)(H,14,19)(H,16,17). The lowest BCUT2D eigenvalue weighted by Crippen LogP contribution is -2.47. The summed E-state index contributed by atoms with van der Waals surface area (Å²) in [6, 6.07) is -0.586. The maximum Gasteiger partial charge on any atom is 0.407 e. The van der Waals surface area contributed by atoms with Gasteiger partial charge in [-0.15, -0.1) is 0 Å². The van der Waals surface area contributed by atoms with Gasteiger partial charge in [0, 0.05) is 19.6 Å². The minimum absolute atomic E-state index is 0.163. The molecule has 0 radical (unpaired) electrons. The van der Waals surface area contributed by atoms with Crippen molar-refractivity contribution in [1.29, 1.82) is 0 Å². The number of hydrogen-bond donors (Lipinski definition) is 4. The van der Waals surface area contributed by atoms with Crippen molar-refractivity contribution in [3.05, 3.63) is 0 Å². The number of alkyl carbamates (subject to hydrolysis) is 1. The van der Waals surface area contributed by atoms with Crippen LogP contribution in [-0.4, -0.2) is 71.6 Å². The number of carbonyl (C=O) groups excluding carboxylic acids is 2. The summed E-state index contributed by atoms with van der Waals surface area (Å²) < 4.78 is 4.48. The second-order valence-corrected chi connectivity index (χ2v) is 5.29. The second-order valence-electron chi connectivity index (χ2n) is 5.29. The maximum absolute atomic E-state index is 11.9. The fraction of sp³-hybridized carbons (Fsp3) is 0.750. The summed E-state index contributed by atoms with van der Waals surface area (Å²) in [6.45, 7) is 1.97. The molecule has 9 nitrogen and oxygen atoms in total. The number of rotatable bonds is 5. The number of ether oxygens (including phenoxy) is 1. The number of aliphatic carboxylic acids is 1. The Morgan fingerprint density at radius 1 is 1.43 bits per heavy atom. The molecule has 0 aromatic heterocycles. The Kier molecular flexibility index (Phi) is 5.77. The van der Waals surface area contributed by atoms with E-state index in [0.29, 0.717) is 19.5 Å². The molecule has 1 aliphatic rings. The van der Waals surface area contributed by atoms with E-state index in [1.807, 2.05) is 0 Å². The average Bonchev–Trinajstić information content (AvgIpc) is 2.83. The topological polar surface area (TPSA) is 128 Å². The first-order valence-corrected chi connectivity index (χ1v) is 6.55. The van der Waals surface area contributed by atoms with Gasteiger partial charge < -0.3 is 30.5 Å². The molecule has 1 fully saturated rings. The minimum atomic E-state index is -1.51. The lowest BCUT2D eigenvalue weighted by Gasteiger charge is -2.24. The van der Waals surface area contributed by atoms with E-state index in [1.165, 1.54) is 18.9 Å². The highest BCUT2D eigenvalue weighted by Gasteiger charge is 2.30. The third kappa shape index (κ3) is 5.86. The number of amides is 3. The molecule has 21 heavy (non-hydrogen) atoms. The summed E-state index contributed by atoms with van der Waals surface area (Å²) in [4.78, 5) is 35.0. The summed E-state index contributed by atoms with van der Waals surface area (Å²) in [5.74, 6) is -1.14. The van der Waals surface area contributed by atoms with Gasteiger partial charge in [0.2, 0.25) is 0 Å². The highest BCUT2D eigenvalue weighted by molar-refractivity contribution is 5.75. The van der Waals surface area contributed by atoms with Crippen molar-refractivity contribution in [2.24, 2.45) is 0 Å². The van der Waals surface area contributed by atoms with Crippen LogP contribution in [0.5, 0.6) is 0 Å². The van der Waals surface area contributed by atoms with Crippen LogP contribution < -0.4 is 10.6 Å². The molecular weight excluding hydrogens is 282 g/mol. The van der Waals surface area contributed by atoms with Crippen molar-refractivity contribution in [1.82, 2.24) is 15.5 Å².